The molecule has 1 atom stereocenters. The number of rotatable bonds is 5. The van der Waals surface area contributed by atoms with Crippen molar-refractivity contribution >= 4 is 11.5 Å². The van der Waals surface area contributed by atoms with Gasteiger partial charge in [0.15, 0.2) is 0 Å². The molecule has 1 unspecified atom stereocenters. The third-order valence-corrected chi connectivity index (χ3v) is 3.72. The minimum Gasteiger partial charge on any atom is -0.490 e. The molecule has 1 aromatic heterocycles. The molecule has 5 heteroatoms. The van der Waals surface area contributed by atoms with E-state index in [0.717, 1.165) is 10.6 Å². The van der Waals surface area contributed by atoms with Gasteiger partial charge in [-0.05, 0) is 49.1 Å². The molecule has 1 aromatic carbocycles. The number of benzene rings is 1. The fraction of sp³-hybridized carbons (Fsp3) is 0.385. The van der Waals surface area contributed by atoms with Crippen LogP contribution in [0.25, 0.3) is 0 Å². The Kier molecular flexibility index (Phi) is 3.25. The largest absolute Gasteiger partial charge is 0.490 e. The lowest BCUT2D eigenvalue weighted by atomic mass is 10.1. The van der Waals surface area contributed by atoms with Crippen molar-refractivity contribution in [3.8, 4) is 5.75 Å². The summed E-state index contributed by atoms with van der Waals surface area (Å²) in [6.07, 6.45) is 4.63. The molecule has 2 aromatic rings. The molecule has 0 radical (unpaired) electrons. The molecular formula is C13H15N3OS. The molecule has 1 N–H and O–H groups in total. The van der Waals surface area contributed by atoms with Crippen molar-refractivity contribution in [2.75, 3.05) is 7.05 Å². The lowest BCUT2D eigenvalue weighted by molar-refractivity contribution is 0.303. The van der Waals surface area contributed by atoms with Gasteiger partial charge in [-0.1, -0.05) is 16.6 Å². The molecule has 0 bridgehead atoms. The van der Waals surface area contributed by atoms with E-state index in [1.807, 2.05) is 19.2 Å². The number of nitrogens with one attached hydrogen (secondary N) is 1. The van der Waals surface area contributed by atoms with Crippen molar-refractivity contribution in [2.24, 2.45) is 0 Å². The van der Waals surface area contributed by atoms with Gasteiger partial charge in [-0.25, -0.2) is 0 Å². The summed E-state index contributed by atoms with van der Waals surface area (Å²) in [5, 5.41) is 7.17. The smallest absolute Gasteiger partial charge is 0.119 e. The molecule has 0 spiro atoms. The highest BCUT2D eigenvalue weighted by Gasteiger charge is 2.23. The molecule has 3 rings (SSSR count). The monoisotopic (exact) mass is 261 g/mol. The second-order valence-corrected chi connectivity index (χ2v) is 5.25. The van der Waals surface area contributed by atoms with Crippen LogP contribution in [0.15, 0.2) is 30.5 Å². The van der Waals surface area contributed by atoms with Gasteiger partial charge in [-0.3, -0.25) is 0 Å². The van der Waals surface area contributed by atoms with Crippen LogP contribution in [0.5, 0.6) is 5.75 Å². The van der Waals surface area contributed by atoms with Crippen LogP contribution in [-0.2, 0) is 0 Å². The second-order valence-electron chi connectivity index (χ2n) is 4.43. The zero-order valence-electron chi connectivity index (χ0n) is 10.2. The second kappa shape index (κ2) is 5.04. The van der Waals surface area contributed by atoms with E-state index in [2.05, 4.69) is 27.0 Å². The summed E-state index contributed by atoms with van der Waals surface area (Å²) in [4.78, 5) is 1.12. The van der Waals surface area contributed by atoms with Gasteiger partial charge in [0.05, 0.1) is 23.2 Å². The Morgan fingerprint density at radius 1 is 1.33 bits per heavy atom. The van der Waals surface area contributed by atoms with E-state index >= 15 is 0 Å². The fourth-order valence-corrected chi connectivity index (χ4v) is 2.53. The molecule has 0 saturated heterocycles. The highest BCUT2D eigenvalue weighted by molar-refractivity contribution is 7.05. The van der Waals surface area contributed by atoms with Gasteiger partial charge in [0.2, 0.25) is 0 Å². The Morgan fingerprint density at radius 2 is 2.11 bits per heavy atom. The highest BCUT2D eigenvalue weighted by Crippen LogP contribution is 2.29. The lowest BCUT2D eigenvalue weighted by Gasteiger charge is -2.14. The summed E-state index contributed by atoms with van der Waals surface area (Å²) >= 11 is 1.42. The standard InChI is InChI=1S/C13H15N3OS/c1-14-13(12-8-15-16-18-12)9-2-4-10(5-3-9)17-11-6-7-11/h2-5,8,11,13-14H,6-7H2,1H3. The summed E-state index contributed by atoms with van der Waals surface area (Å²) in [5.41, 5.74) is 1.20. The molecule has 1 aliphatic carbocycles. The zero-order chi connectivity index (χ0) is 12.4. The van der Waals surface area contributed by atoms with Gasteiger partial charge in [0.25, 0.3) is 0 Å². The maximum absolute atomic E-state index is 5.74. The lowest BCUT2D eigenvalue weighted by Crippen LogP contribution is -2.16. The van der Waals surface area contributed by atoms with E-state index < -0.39 is 0 Å². The molecule has 4 nitrogen and oxygen atoms in total. The van der Waals surface area contributed by atoms with Crippen LogP contribution in [0.1, 0.15) is 29.3 Å². The first-order valence-electron chi connectivity index (χ1n) is 6.08. The number of hydrogen-bond donors (Lipinski definition) is 1. The Morgan fingerprint density at radius 3 is 2.67 bits per heavy atom. The molecular weight excluding hydrogens is 246 g/mol. The van der Waals surface area contributed by atoms with Crippen LogP contribution in [0.3, 0.4) is 0 Å². The van der Waals surface area contributed by atoms with Crippen LogP contribution in [0.2, 0.25) is 0 Å². The van der Waals surface area contributed by atoms with Crippen LogP contribution in [-0.4, -0.2) is 22.7 Å². The summed E-state index contributed by atoms with van der Waals surface area (Å²) in [5.74, 6) is 0.957. The van der Waals surface area contributed by atoms with Gasteiger partial charge in [-0.15, -0.1) is 5.10 Å². The fourth-order valence-electron chi connectivity index (χ4n) is 1.89. The first-order valence-corrected chi connectivity index (χ1v) is 6.85. The Labute approximate surface area is 110 Å². The maximum atomic E-state index is 5.74. The minimum absolute atomic E-state index is 0.153. The molecule has 94 valence electrons. The number of aromatic nitrogens is 2. The molecule has 18 heavy (non-hydrogen) atoms. The first kappa shape index (κ1) is 11.6. The van der Waals surface area contributed by atoms with Crippen LogP contribution in [0, 0.1) is 0 Å². The normalized spacial score (nSPS) is 16.5. The Bertz CT molecular complexity index is 493. The SMILES string of the molecule is CNC(c1ccc(OC2CC2)cc1)c1cnns1. The van der Waals surface area contributed by atoms with E-state index in [9.17, 15) is 0 Å². The molecule has 1 heterocycles. The summed E-state index contributed by atoms with van der Waals surface area (Å²) in [6.45, 7) is 0. The van der Waals surface area contributed by atoms with Crippen molar-refractivity contribution in [3.05, 3.63) is 40.9 Å². The van der Waals surface area contributed by atoms with Crippen molar-refractivity contribution in [1.29, 1.82) is 0 Å². The maximum Gasteiger partial charge on any atom is 0.119 e. The summed E-state index contributed by atoms with van der Waals surface area (Å²) in [7, 11) is 1.94. The van der Waals surface area contributed by atoms with E-state index in [4.69, 9.17) is 4.74 Å². The van der Waals surface area contributed by atoms with Gasteiger partial charge in [0.1, 0.15) is 5.75 Å². The first-order chi connectivity index (χ1) is 8.86. The van der Waals surface area contributed by atoms with Gasteiger partial charge >= 0.3 is 0 Å². The molecule has 1 fully saturated rings. The molecule has 0 aliphatic heterocycles. The summed E-state index contributed by atoms with van der Waals surface area (Å²) in [6, 6.07) is 8.41. The molecule has 1 aliphatic rings. The summed E-state index contributed by atoms with van der Waals surface area (Å²) < 4.78 is 9.65. The van der Waals surface area contributed by atoms with Gasteiger partial charge in [-0.2, -0.15) is 0 Å². The van der Waals surface area contributed by atoms with E-state index in [0.29, 0.717) is 6.10 Å². The van der Waals surface area contributed by atoms with E-state index in [-0.39, 0.29) is 6.04 Å². The van der Waals surface area contributed by atoms with Crippen molar-refractivity contribution in [3.63, 3.8) is 0 Å². The third kappa shape index (κ3) is 2.52. The molecule has 0 amide bonds. The topological polar surface area (TPSA) is 47.0 Å². The van der Waals surface area contributed by atoms with Crippen molar-refractivity contribution in [2.45, 2.75) is 25.0 Å². The average molecular weight is 261 g/mol. The average Bonchev–Trinajstić information content (AvgIpc) is 3.05. The Balaban J connectivity index is 1.77. The van der Waals surface area contributed by atoms with Crippen LogP contribution in [0.4, 0.5) is 0 Å². The quantitative estimate of drug-likeness (QED) is 0.897. The number of nitrogens with zero attached hydrogens (tertiary/aromatic N) is 2. The van der Waals surface area contributed by atoms with E-state index in [1.54, 1.807) is 6.20 Å². The van der Waals surface area contributed by atoms with Crippen LogP contribution >= 0.6 is 11.5 Å². The van der Waals surface area contributed by atoms with Crippen molar-refractivity contribution < 1.29 is 4.74 Å². The zero-order valence-corrected chi connectivity index (χ0v) is 11.0. The third-order valence-electron chi connectivity index (χ3n) is 2.99. The van der Waals surface area contributed by atoms with Crippen molar-refractivity contribution in [1.82, 2.24) is 14.9 Å². The number of hydrogen-bond acceptors (Lipinski definition) is 5. The highest BCUT2D eigenvalue weighted by atomic mass is 32.1. The number of ether oxygens (including phenoxy) is 1. The van der Waals surface area contributed by atoms with E-state index in [1.165, 1.54) is 29.9 Å². The predicted molar refractivity (Wildman–Crippen MR) is 70.9 cm³/mol. The van der Waals surface area contributed by atoms with Gasteiger partial charge < -0.3 is 10.1 Å². The van der Waals surface area contributed by atoms with Gasteiger partial charge in [0, 0.05) is 0 Å². The Hall–Kier alpha value is -1.46. The van der Waals surface area contributed by atoms with Crippen LogP contribution < -0.4 is 10.1 Å². The predicted octanol–water partition coefficient (Wildman–Crippen LogP) is 2.39. The molecule has 1 saturated carbocycles. The minimum atomic E-state index is 0.153.